The van der Waals surface area contributed by atoms with Crippen LogP contribution in [0, 0.1) is 13.8 Å². The summed E-state index contributed by atoms with van der Waals surface area (Å²) in [5, 5.41) is 8.49. The minimum atomic E-state index is -0.735. The van der Waals surface area contributed by atoms with E-state index >= 15 is 0 Å². The molecule has 1 aromatic carbocycles. The third-order valence-electron chi connectivity index (χ3n) is 2.46. The molecule has 0 saturated heterocycles. The van der Waals surface area contributed by atoms with E-state index < -0.39 is 5.97 Å². The van der Waals surface area contributed by atoms with E-state index in [-0.39, 0.29) is 5.75 Å². The molecule has 0 heterocycles. The van der Waals surface area contributed by atoms with Gasteiger partial charge in [-0.2, -0.15) is 0 Å². The minimum Gasteiger partial charge on any atom is -0.481 e. The highest BCUT2D eigenvalue weighted by molar-refractivity contribution is 7.99. The summed E-state index contributed by atoms with van der Waals surface area (Å²) in [5.41, 5.74) is 3.96. The van der Waals surface area contributed by atoms with Crippen molar-refractivity contribution in [3.05, 3.63) is 34.9 Å². The van der Waals surface area contributed by atoms with Gasteiger partial charge in [-0.15, -0.1) is 11.8 Å². The van der Waals surface area contributed by atoms with Crippen molar-refractivity contribution in [3.63, 3.8) is 0 Å². The van der Waals surface area contributed by atoms with E-state index in [0.717, 1.165) is 12.2 Å². The van der Waals surface area contributed by atoms with Gasteiger partial charge in [-0.3, -0.25) is 4.79 Å². The second-order valence-corrected chi connectivity index (χ2v) is 4.66. The summed E-state index contributed by atoms with van der Waals surface area (Å²) in [4.78, 5) is 10.3. The van der Waals surface area contributed by atoms with Crippen molar-refractivity contribution in [3.8, 4) is 0 Å². The van der Waals surface area contributed by atoms with Crippen LogP contribution >= 0.6 is 11.8 Å². The van der Waals surface area contributed by atoms with E-state index in [1.165, 1.54) is 28.5 Å². The first-order valence-corrected chi connectivity index (χ1v) is 6.11. The lowest BCUT2D eigenvalue weighted by atomic mass is 10.0. The zero-order valence-corrected chi connectivity index (χ0v) is 9.93. The molecule has 2 nitrogen and oxygen atoms in total. The quantitative estimate of drug-likeness (QED) is 0.781. The van der Waals surface area contributed by atoms with Crippen LogP contribution in [0.15, 0.2) is 18.2 Å². The number of benzene rings is 1. The summed E-state index contributed by atoms with van der Waals surface area (Å²) in [7, 11) is 0. The maximum Gasteiger partial charge on any atom is 0.313 e. The molecular formula is C12H16O2S. The molecule has 1 N–H and O–H groups in total. The highest BCUT2D eigenvalue weighted by Gasteiger charge is 2.01. The molecule has 0 amide bonds. The van der Waals surface area contributed by atoms with Crippen molar-refractivity contribution in [2.75, 3.05) is 11.5 Å². The van der Waals surface area contributed by atoms with Gasteiger partial charge >= 0.3 is 5.97 Å². The maximum absolute atomic E-state index is 10.3. The molecule has 0 radical (unpaired) electrons. The molecule has 1 rings (SSSR count). The molecule has 3 heteroatoms. The van der Waals surface area contributed by atoms with Gasteiger partial charge in [0.2, 0.25) is 0 Å². The number of aryl methyl sites for hydroxylation is 2. The molecule has 0 aliphatic carbocycles. The van der Waals surface area contributed by atoms with Crippen molar-refractivity contribution >= 4 is 17.7 Å². The van der Waals surface area contributed by atoms with Crippen molar-refractivity contribution in [2.24, 2.45) is 0 Å². The third-order valence-corrected chi connectivity index (χ3v) is 3.40. The number of rotatable bonds is 5. The molecule has 0 bridgehead atoms. The minimum absolute atomic E-state index is 0.199. The maximum atomic E-state index is 10.3. The summed E-state index contributed by atoms with van der Waals surface area (Å²) in [6.07, 6.45) is 0.950. The zero-order chi connectivity index (χ0) is 11.3. The Labute approximate surface area is 94.7 Å². The lowest BCUT2D eigenvalue weighted by molar-refractivity contribution is -0.133. The molecule has 0 spiro atoms. The van der Waals surface area contributed by atoms with E-state index in [9.17, 15) is 4.79 Å². The Hall–Kier alpha value is -0.960. The molecule has 1 aromatic rings. The van der Waals surface area contributed by atoms with Crippen LogP contribution in [0.1, 0.15) is 16.7 Å². The van der Waals surface area contributed by atoms with E-state index in [1.54, 1.807) is 0 Å². The van der Waals surface area contributed by atoms with Gasteiger partial charge < -0.3 is 5.11 Å². The first kappa shape index (κ1) is 12.1. The lowest BCUT2D eigenvalue weighted by Crippen LogP contribution is -2.01. The van der Waals surface area contributed by atoms with Gasteiger partial charge in [-0.1, -0.05) is 18.2 Å². The van der Waals surface area contributed by atoms with Crippen LogP contribution in [-0.4, -0.2) is 22.6 Å². The number of carbonyl (C=O) groups is 1. The van der Waals surface area contributed by atoms with Crippen LogP contribution in [0.5, 0.6) is 0 Å². The first-order chi connectivity index (χ1) is 7.11. The normalized spacial score (nSPS) is 10.3. The van der Waals surface area contributed by atoms with Gasteiger partial charge in [0.25, 0.3) is 0 Å². The number of aliphatic carboxylic acids is 1. The summed E-state index contributed by atoms with van der Waals surface area (Å²) in [6.45, 7) is 4.22. The van der Waals surface area contributed by atoms with Crippen molar-refractivity contribution < 1.29 is 9.90 Å². The van der Waals surface area contributed by atoms with Gasteiger partial charge in [-0.05, 0) is 42.7 Å². The summed E-state index contributed by atoms with van der Waals surface area (Å²) < 4.78 is 0. The molecule has 0 aromatic heterocycles. The molecule has 0 unspecified atom stereocenters. The number of hydrogen-bond donors (Lipinski definition) is 1. The van der Waals surface area contributed by atoms with Crippen molar-refractivity contribution in [2.45, 2.75) is 20.3 Å². The number of thioether (sulfide) groups is 1. The number of carboxylic acids is 1. The van der Waals surface area contributed by atoms with Crippen LogP contribution in [0.2, 0.25) is 0 Å². The fourth-order valence-corrected chi connectivity index (χ4v) is 2.11. The smallest absolute Gasteiger partial charge is 0.313 e. The molecule has 0 aliphatic heterocycles. The van der Waals surface area contributed by atoms with Gasteiger partial charge in [0.05, 0.1) is 5.75 Å². The predicted molar refractivity (Wildman–Crippen MR) is 64.6 cm³/mol. The second-order valence-electron chi connectivity index (χ2n) is 3.56. The van der Waals surface area contributed by atoms with Crippen molar-refractivity contribution in [1.82, 2.24) is 0 Å². The Kier molecular flexibility index (Phi) is 4.69. The molecule has 0 fully saturated rings. The molecule has 0 aliphatic rings. The Balaban J connectivity index is 2.44. The Morgan fingerprint density at radius 2 is 2.13 bits per heavy atom. The molecule has 0 atom stereocenters. The third kappa shape index (κ3) is 3.96. The van der Waals surface area contributed by atoms with Gasteiger partial charge in [-0.25, -0.2) is 0 Å². The van der Waals surface area contributed by atoms with E-state index in [0.29, 0.717) is 0 Å². The largest absolute Gasteiger partial charge is 0.481 e. The van der Waals surface area contributed by atoms with Crippen LogP contribution in [0.25, 0.3) is 0 Å². The standard InChI is InChI=1S/C12H16O2S/c1-9-4-3-5-11(10(9)2)6-7-15-8-12(13)14/h3-5H,6-8H2,1-2H3,(H,13,14). The lowest BCUT2D eigenvalue weighted by Gasteiger charge is -2.07. The summed E-state index contributed by atoms with van der Waals surface area (Å²) in [6, 6.07) is 6.27. The predicted octanol–water partition coefficient (Wildman–Crippen LogP) is 2.66. The Morgan fingerprint density at radius 3 is 2.80 bits per heavy atom. The summed E-state index contributed by atoms with van der Waals surface area (Å²) >= 11 is 1.47. The fraction of sp³-hybridized carbons (Fsp3) is 0.417. The van der Waals surface area contributed by atoms with Crippen LogP contribution < -0.4 is 0 Å². The van der Waals surface area contributed by atoms with E-state index in [2.05, 4.69) is 32.0 Å². The monoisotopic (exact) mass is 224 g/mol. The van der Waals surface area contributed by atoms with Gasteiger partial charge in [0.15, 0.2) is 0 Å². The van der Waals surface area contributed by atoms with E-state index in [4.69, 9.17) is 5.11 Å². The highest BCUT2D eigenvalue weighted by Crippen LogP contribution is 2.15. The number of hydrogen-bond acceptors (Lipinski definition) is 2. The molecule has 82 valence electrons. The average molecular weight is 224 g/mol. The topological polar surface area (TPSA) is 37.3 Å². The van der Waals surface area contributed by atoms with Crippen LogP contribution in [0.3, 0.4) is 0 Å². The first-order valence-electron chi connectivity index (χ1n) is 4.96. The van der Waals surface area contributed by atoms with Gasteiger partial charge in [0.1, 0.15) is 0 Å². The molecule has 15 heavy (non-hydrogen) atoms. The van der Waals surface area contributed by atoms with Crippen LogP contribution in [0.4, 0.5) is 0 Å². The molecule has 0 saturated carbocycles. The molecular weight excluding hydrogens is 208 g/mol. The Morgan fingerprint density at radius 1 is 1.40 bits per heavy atom. The van der Waals surface area contributed by atoms with E-state index in [1.807, 2.05) is 0 Å². The van der Waals surface area contributed by atoms with Crippen molar-refractivity contribution in [1.29, 1.82) is 0 Å². The SMILES string of the molecule is Cc1cccc(CCSCC(=O)O)c1C. The number of carboxylic acid groups (broad SMARTS) is 1. The van der Waals surface area contributed by atoms with Crippen LogP contribution in [-0.2, 0) is 11.2 Å². The van der Waals surface area contributed by atoms with Gasteiger partial charge in [0, 0.05) is 0 Å². The fourth-order valence-electron chi connectivity index (χ4n) is 1.42. The second kappa shape index (κ2) is 5.81. The average Bonchev–Trinajstić information content (AvgIpc) is 2.18. The zero-order valence-electron chi connectivity index (χ0n) is 9.12. The summed E-state index contributed by atoms with van der Waals surface area (Å²) in [5.74, 6) is 0.336. The highest BCUT2D eigenvalue weighted by atomic mass is 32.2. The Bertz CT molecular complexity index is 347.